The summed E-state index contributed by atoms with van der Waals surface area (Å²) in [7, 11) is 0. The number of aryl methyl sites for hydroxylation is 3. The Hall–Kier alpha value is -1.88. The smallest absolute Gasteiger partial charge is 0.250 e. The number of pyridine rings is 1. The molecule has 2 aromatic rings. The number of rotatable bonds is 6. The first-order valence-electron chi connectivity index (χ1n) is 7.57. The van der Waals surface area contributed by atoms with Crippen molar-refractivity contribution in [3.8, 4) is 0 Å². The lowest BCUT2D eigenvalue weighted by atomic mass is 10.2. The Kier molecular flexibility index (Phi) is 3.92. The fourth-order valence-electron chi connectivity index (χ4n) is 2.59. The van der Waals surface area contributed by atoms with Crippen LogP contribution >= 0.6 is 0 Å². The van der Waals surface area contributed by atoms with Gasteiger partial charge < -0.3 is 9.88 Å². The Labute approximate surface area is 124 Å². The Balaban J connectivity index is 1.69. The molecule has 21 heavy (non-hydrogen) atoms. The molecule has 112 valence electrons. The molecule has 2 aromatic heterocycles. The summed E-state index contributed by atoms with van der Waals surface area (Å²) < 4.78 is 3.73. The van der Waals surface area contributed by atoms with Crippen LogP contribution in [-0.2, 0) is 19.6 Å². The first-order valence-corrected chi connectivity index (χ1v) is 7.57. The maximum absolute atomic E-state index is 11.7. The number of nitrogens with one attached hydrogen (secondary N) is 1. The summed E-state index contributed by atoms with van der Waals surface area (Å²) in [6, 6.07) is 5.94. The quantitative estimate of drug-likeness (QED) is 0.878. The maximum Gasteiger partial charge on any atom is 0.250 e. The Morgan fingerprint density at radius 3 is 2.81 bits per heavy atom. The lowest BCUT2D eigenvalue weighted by molar-refractivity contribution is 0.511. The van der Waals surface area contributed by atoms with Gasteiger partial charge in [0.1, 0.15) is 0 Å². The summed E-state index contributed by atoms with van der Waals surface area (Å²) in [4.78, 5) is 11.7. The highest BCUT2D eigenvalue weighted by molar-refractivity contribution is 5.24. The van der Waals surface area contributed by atoms with E-state index in [1.807, 2.05) is 16.9 Å². The maximum atomic E-state index is 11.7. The van der Waals surface area contributed by atoms with Crippen LogP contribution in [0.15, 0.2) is 29.2 Å². The molecule has 0 spiro atoms. The summed E-state index contributed by atoms with van der Waals surface area (Å²) >= 11 is 0. The molecular weight excluding hydrogens is 264 g/mol. The number of hydrogen-bond donors (Lipinski definition) is 1. The first-order chi connectivity index (χ1) is 10.1. The van der Waals surface area contributed by atoms with Gasteiger partial charge in [-0.25, -0.2) is 0 Å². The standard InChI is InChI=1S/C16H22N4O/c1-12-15(11-17-14-6-7-14)13(2)20(18-12)10-9-19-8-4-3-5-16(19)21/h3-5,8,14,17H,6-7,9-11H2,1-2H3. The molecule has 5 nitrogen and oxygen atoms in total. The van der Waals surface area contributed by atoms with Crippen LogP contribution in [0.25, 0.3) is 0 Å². The highest BCUT2D eigenvalue weighted by atomic mass is 16.1. The molecule has 0 bridgehead atoms. The summed E-state index contributed by atoms with van der Waals surface area (Å²) in [6.07, 6.45) is 4.41. The molecule has 3 rings (SSSR count). The van der Waals surface area contributed by atoms with Gasteiger partial charge in [-0.1, -0.05) is 6.07 Å². The normalized spacial score (nSPS) is 14.6. The third-order valence-corrected chi connectivity index (χ3v) is 4.13. The summed E-state index contributed by atoms with van der Waals surface area (Å²) in [6.45, 7) is 6.44. The first kappa shape index (κ1) is 14.1. The second-order valence-electron chi connectivity index (χ2n) is 5.76. The fraction of sp³-hybridized carbons (Fsp3) is 0.500. The minimum atomic E-state index is 0.0367. The minimum Gasteiger partial charge on any atom is -0.314 e. The van der Waals surface area contributed by atoms with Crippen molar-refractivity contribution in [1.29, 1.82) is 0 Å². The average Bonchev–Trinajstić information content (AvgIpc) is 3.25. The molecule has 5 heteroatoms. The van der Waals surface area contributed by atoms with Crippen molar-refractivity contribution < 1.29 is 0 Å². The van der Waals surface area contributed by atoms with Gasteiger partial charge in [0, 0.05) is 42.7 Å². The Bertz CT molecular complexity index is 682. The fourth-order valence-corrected chi connectivity index (χ4v) is 2.59. The third kappa shape index (κ3) is 3.24. The zero-order valence-corrected chi connectivity index (χ0v) is 12.7. The van der Waals surface area contributed by atoms with Crippen molar-refractivity contribution in [3.05, 3.63) is 51.7 Å². The van der Waals surface area contributed by atoms with Crippen molar-refractivity contribution in [2.24, 2.45) is 0 Å². The van der Waals surface area contributed by atoms with Gasteiger partial charge >= 0.3 is 0 Å². The van der Waals surface area contributed by atoms with Gasteiger partial charge in [0.15, 0.2) is 0 Å². The molecule has 0 aromatic carbocycles. The molecule has 1 aliphatic rings. The van der Waals surface area contributed by atoms with E-state index in [0.29, 0.717) is 12.6 Å². The Morgan fingerprint density at radius 2 is 2.10 bits per heavy atom. The van der Waals surface area contributed by atoms with E-state index in [4.69, 9.17) is 0 Å². The second-order valence-corrected chi connectivity index (χ2v) is 5.76. The molecule has 0 radical (unpaired) electrons. The zero-order valence-electron chi connectivity index (χ0n) is 12.7. The number of hydrogen-bond acceptors (Lipinski definition) is 3. The number of aromatic nitrogens is 3. The van der Waals surface area contributed by atoms with Crippen molar-refractivity contribution in [2.45, 2.75) is 52.4 Å². The lowest BCUT2D eigenvalue weighted by Crippen LogP contribution is -2.21. The molecule has 0 amide bonds. The molecule has 0 atom stereocenters. The van der Waals surface area contributed by atoms with Gasteiger partial charge in [-0.2, -0.15) is 5.10 Å². The SMILES string of the molecule is Cc1nn(CCn2ccccc2=O)c(C)c1CNC1CC1. The van der Waals surface area contributed by atoms with Crippen LogP contribution in [0.2, 0.25) is 0 Å². The van der Waals surface area contributed by atoms with Gasteiger partial charge in [0.05, 0.1) is 12.2 Å². The van der Waals surface area contributed by atoms with Gasteiger partial charge in [-0.3, -0.25) is 9.48 Å². The molecule has 1 fully saturated rings. The average molecular weight is 286 g/mol. The van der Waals surface area contributed by atoms with E-state index in [2.05, 4.69) is 24.3 Å². The van der Waals surface area contributed by atoms with Crippen molar-refractivity contribution >= 4 is 0 Å². The van der Waals surface area contributed by atoms with Gasteiger partial charge in [-0.15, -0.1) is 0 Å². The van der Waals surface area contributed by atoms with E-state index in [1.165, 1.54) is 24.1 Å². The summed E-state index contributed by atoms with van der Waals surface area (Å²) in [5.41, 5.74) is 3.61. The molecule has 2 heterocycles. The molecule has 0 saturated heterocycles. The van der Waals surface area contributed by atoms with Gasteiger partial charge in [0.2, 0.25) is 0 Å². The summed E-state index contributed by atoms with van der Waals surface area (Å²) in [5.74, 6) is 0. The van der Waals surface area contributed by atoms with E-state index in [1.54, 1.807) is 16.7 Å². The molecule has 0 aliphatic heterocycles. The predicted molar refractivity (Wildman–Crippen MR) is 82.3 cm³/mol. The van der Waals surface area contributed by atoms with Crippen LogP contribution in [-0.4, -0.2) is 20.4 Å². The minimum absolute atomic E-state index is 0.0367. The van der Waals surface area contributed by atoms with E-state index in [9.17, 15) is 4.79 Å². The predicted octanol–water partition coefficient (Wildman–Crippen LogP) is 1.61. The van der Waals surface area contributed by atoms with Gasteiger partial charge in [-0.05, 0) is 32.8 Å². The van der Waals surface area contributed by atoms with E-state index >= 15 is 0 Å². The van der Waals surface area contributed by atoms with E-state index in [-0.39, 0.29) is 5.56 Å². The summed E-state index contributed by atoms with van der Waals surface area (Å²) in [5, 5.41) is 8.16. The van der Waals surface area contributed by atoms with Crippen LogP contribution in [0.4, 0.5) is 0 Å². The molecular formula is C16H22N4O. The highest BCUT2D eigenvalue weighted by Gasteiger charge is 2.21. The molecule has 1 N–H and O–H groups in total. The van der Waals surface area contributed by atoms with E-state index in [0.717, 1.165) is 18.8 Å². The third-order valence-electron chi connectivity index (χ3n) is 4.13. The van der Waals surface area contributed by atoms with Crippen LogP contribution < -0.4 is 10.9 Å². The monoisotopic (exact) mass is 286 g/mol. The molecule has 1 saturated carbocycles. The van der Waals surface area contributed by atoms with Crippen LogP contribution in [0.3, 0.4) is 0 Å². The molecule has 1 aliphatic carbocycles. The van der Waals surface area contributed by atoms with Gasteiger partial charge in [0.25, 0.3) is 5.56 Å². The van der Waals surface area contributed by atoms with Crippen LogP contribution in [0.1, 0.15) is 29.8 Å². The highest BCUT2D eigenvalue weighted by Crippen LogP contribution is 2.21. The molecule has 0 unspecified atom stereocenters. The lowest BCUT2D eigenvalue weighted by Gasteiger charge is -2.08. The zero-order chi connectivity index (χ0) is 14.8. The van der Waals surface area contributed by atoms with Crippen LogP contribution in [0, 0.1) is 13.8 Å². The second kappa shape index (κ2) is 5.85. The van der Waals surface area contributed by atoms with E-state index < -0.39 is 0 Å². The number of nitrogens with zero attached hydrogens (tertiary/aromatic N) is 3. The van der Waals surface area contributed by atoms with Crippen LogP contribution in [0.5, 0.6) is 0 Å². The largest absolute Gasteiger partial charge is 0.314 e. The Morgan fingerprint density at radius 1 is 1.29 bits per heavy atom. The van der Waals surface area contributed by atoms with Crippen molar-refractivity contribution in [1.82, 2.24) is 19.7 Å². The van der Waals surface area contributed by atoms with Crippen molar-refractivity contribution in [2.75, 3.05) is 0 Å². The topological polar surface area (TPSA) is 51.9 Å². The van der Waals surface area contributed by atoms with Crippen molar-refractivity contribution in [3.63, 3.8) is 0 Å².